The van der Waals surface area contributed by atoms with Crippen LogP contribution in [-0.4, -0.2) is 14.3 Å². The highest BCUT2D eigenvalue weighted by molar-refractivity contribution is 7.89. The number of hydrogen-bond donors (Lipinski definition) is 2. The number of carbonyl (C=O) groups excluding carboxylic acids is 1. The van der Waals surface area contributed by atoms with Crippen molar-refractivity contribution < 1.29 is 26.7 Å². The van der Waals surface area contributed by atoms with Crippen LogP contribution < -0.4 is 15.2 Å². The van der Waals surface area contributed by atoms with Crippen molar-refractivity contribution in [2.24, 2.45) is 5.14 Å². The fourth-order valence-electron chi connectivity index (χ4n) is 2.69. The van der Waals surface area contributed by atoms with Crippen molar-refractivity contribution in [2.75, 3.05) is 5.32 Å². The zero-order valence-corrected chi connectivity index (χ0v) is 17.5. The van der Waals surface area contributed by atoms with Crippen LogP contribution in [0.3, 0.4) is 0 Å². The van der Waals surface area contributed by atoms with E-state index in [2.05, 4.69) is 5.32 Å². The Balaban J connectivity index is 1.77. The predicted octanol–water partition coefficient (Wildman–Crippen LogP) is 4.90. The summed E-state index contributed by atoms with van der Waals surface area (Å²) in [6, 6.07) is 15.6. The van der Waals surface area contributed by atoms with Crippen LogP contribution in [0.15, 0.2) is 71.6 Å². The largest absolute Gasteiger partial charge is 0.456 e. The lowest BCUT2D eigenvalue weighted by Gasteiger charge is -2.13. The summed E-state index contributed by atoms with van der Waals surface area (Å²) in [6.45, 7) is 0. The number of anilines is 1. The molecule has 0 aliphatic heterocycles. The molecule has 3 aromatic rings. The molecule has 3 N–H and O–H groups in total. The predicted molar refractivity (Wildman–Crippen MR) is 113 cm³/mol. The normalized spacial score (nSPS) is 11.4. The van der Waals surface area contributed by atoms with E-state index >= 15 is 0 Å². The molecule has 0 fully saturated rings. The van der Waals surface area contributed by atoms with E-state index in [-0.39, 0.29) is 28.3 Å². The maximum atomic E-state index is 12.6. The third-order valence-corrected chi connectivity index (χ3v) is 5.36. The van der Waals surface area contributed by atoms with Gasteiger partial charge >= 0.3 is 0 Å². The molecule has 0 heterocycles. The molecule has 3 aromatic carbocycles. The molecule has 31 heavy (non-hydrogen) atoms. The van der Waals surface area contributed by atoms with E-state index in [1.165, 1.54) is 42.5 Å². The Hall–Kier alpha value is -3.01. The molecule has 0 unspecified atom stereocenters. The van der Waals surface area contributed by atoms with Crippen LogP contribution >= 0.6 is 11.6 Å². The second-order valence-corrected chi connectivity index (χ2v) is 8.50. The molecule has 0 atom stereocenters. The Kier molecular flexibility index (Phi) is 6.89. The van der Waals surface area contributed by atoms with E-state index < -0.39 is 22.4 Å². The van der Waals surface area contributed by atoms with Gasteiger partial charge in [-0.05, 0) is 48.0 Å². The first-order chi connectivity index (χ1) is 14.6. The van der Waals surface area contributed by atoms with Crippen molar-refractivity contribution >= 4 is 33.2 Å². The first kappa shape index (κ1) is 22.7. The van der Waals surface area contributed by atoms with Gasteiger partial charge < -0.3 is 10.1 Å². The number of alkyl halides is 2. The van der Waals surface area contributed by atoms with Crippen molar-refractivity contribution in [3.8, 4) is 11.5 Å². The standard InChI is InChI=1S/C21H17ClF2N2O4S/c22-15-5-8-17(9-6-15)30-18-10-7-16(12-19(18)31(25,28)29)26-20(27)11-13-1-3-14(4-2-13)21(23)24/h1-10,12,21H,11H2,(H,26,27)(H2,25,28,29). The molecule has 0 aliphatic carbocycles. The summed E-state index contributed by atoms with van der Waals surface area (Å²) in [5.41, 5.74) is 0.566. The number of ether oxygens (including phenoxy) is 1. The third kappa shape index (κ3) is 6.24. The number of nitrogens with one attached hydrogen (secondary N) is 1. The molecule has 0 saturated carbocycles. The van der Waals surface area contributed by atoms with Crippen LogP contribution in [0.25, 0.3) is 0 Å². The third-order valence-electron chi connectivity index (χ3n) is 4.17. The molecule has 6 nitrogen and oxygen atoms in total. The van der Waals surface area contributed by atoms with Gasteiger partial charge in [0.1, 0.15) is 16.4 Å². The van der Waals surface area contributed by atoms with Gasteiger partial charge in [0.05, 0.1) is 6.42 Å². The molecule has 0 radical (unpaired) electrons. The summed E-state index contributed by atoms with van der Waals surface area (Å²) < 4.78 is 54.9. The zero-order chi connectivity index (χ0) is 22.6. The van der Waals surface area contributed by atoms with Crippen molar-refractivity contribution in [3.63, 3.8) is 0 Å². The van der Waals surface area contributed by atoms with Crippen LogP contribution in [0.2, 0.25) is 5.02 Å². The molecule has 0 bridgehead atoms. The van der Waals surface area contributed by atoms with Crippen LogP contribution in [0.1, 0.15) is 17.6 Å². The number of primary sulfonamides is 1. The number of rotatable bonds is 7. The van der Waals surface area contributed by atoms with Gasteiger partial charge in [-0.25, -0.2) is 22.3 Å². The summed E-state index contributed by atoms with van der Waals surface area (Å²) in [5.74, 6) is -0.139. The summed E-state index contributed by atoms with van der Waals surface area (Å²) in [6.07, 6.45) is -2.68. The highest BCUT2D eigenvalue weighted by Gasteiger charge is 2.18. The number of carbonyl (C=O) groups is 1. The second-order valence-electron chi connectivity index (χ2n) is 6.53. The van der Waals surface area contributed by atoms with Crippen LogP contribution in [0.4, 0.5) is 14.5 Å². The number of nitrogens with two attached hydrogens (primary N) is 1. The summed E-state index contributed by atoms with van der Waals surface area (Å²) in [5, 5.41) is 8.34. The average Bonchev–Trinajstić information content (AvgIpc) is 2.70. The van der Waals surface area contributed by atoms with Crippen LogP contribution in [0, 0.1) is 0 Å². The molecule has 0 spiro atoms. The maximum absolute atomic E-state index is 12.6. The summed E-state index contributed by atoms with van der Waals surface area (Å²) in [7, 11) is -4.17. The second kappa shape index (κ2) is 9.42. The Morgan fingerprint density at radius 1 is 1.03 bits per heavy atom. The number of hydrogen-bond acceptors (Lipinski definition) is 4. The van der Waals surface area contributed by atoms with E-state index in [1.54, 1.807) is 24.3 Å². The topological polar surface area (TPSA) is 98.5 Å². The van der Waals surface area contributed by atoms with Gasteiger partial charge in [-0.3, -0.25) is 4.79 Å². The fourth-order valence-corrected chi connectivity index (χ4v) is 3.50. The zero-order valence-electron chi connectivity index (χ0n) is 15.9. The van der Waals surface area contributed by atoms with Crippen molar-refractivity contribution in [1.82, 2.24) is 0 Å². The molecule has 162 valence electrons. The SMILES string of the molecule is NS(=O)(=O)c1cc(NC(=O)Cc2ccc(C(F)F)cc2)ccc1Oc1ccc(Cl)cc1. The number of benzene rings is 3. The molecule has 0 aromatic heterocycles. The molecular formula is C21H17ClF2N2O4S. The Labute approximate surface area is 182 Å². The number of sulfonamides is 1. The Morgan fingerprint density at radius 2 is 1.68 bits per heavy atom. The highest BCUT2D eigenvalue weighted by atomic mass is 35.5. The smallest absolute Gasteiger partial charge is 0.263 e. The minimum atomic E-state index is -4.17. The van der Waals surface area contributed by atoms with Crippen molar-refractivity contribution in [3.05, 3.63) is 82.9 Å². The molecule has 0 saturated heterocycles. The lowest BCUT2D eigenvalue weighted by molar-refractivity contribution is -0.115. The van der Waals surface area contributed by atoms with E-state index in [4.69, 9.17) is 21.5 Å². The minimum Gasteiger partial charge on any atom is -0.456 e. The van der Waals surface area contributed by atoms with Gasteiger partial charge in [-0.1, -0.05) is 35.9 Å². The maximum Gasteiger partial charge on any atom is 0.263 e. The summed E-state index contributed by atoms with van der Waals surface area (Å²) in [4.78, 5) is 12.0. The van der Waals surface area contributed by atoms with E-state index in [0.717, 1.165) is 0 Å². The first-order valence-electron chi connectivity index (χ1n) is 8.89. The van der Waals surface area contributed by atoms with E-state index in [9.17, 15) is 22.0 Å². The highest BCUT2D eigenvalue weighted by Crippen LogP contribution is 2.31. The molecule has 10 heteroatoms. The number of amides is 1. The fraction of sp³-hybridized carbons (Fsp3) is 0.0952. The number of halogens is 3. The van der Waals surface area contributed by atoms with Gasteiger partial charge in [0, 0.05) is 16.3 Å². The van der Waals surface area contributed by atoms with E-state index in [0.29, 0.717) is 16.3 Å². The van der Waals surface area contributed by atoms with E-state index in [1.807, 2.05) is 0 Å². The quantitative estimate of drug-likeness (QED) is 0.517. The van der Waals surface area contributed by atoms with Gasteiger partial charge in [0.25, 0.3) is 6.43 Å². The van der Waals surface area contributed by atoms with Gasteiger partial charge in [-0.15, -0.1) is 0 Å². The summed E-state index contributed by atoms with van der Waals surface area (Å²) >= 11 is 5.82. The molecule has 3 rings (SSSR count). The monoisotopic (exact) mass is 466 g/mol. The lowest BCUT2D eigenvalue weighted by atomic mass is 10.1. The molecular weight excluding hydrogens is 450 g/mol. The Morgan fingerprint density at radius 3 is 2.26 bits per heavy atom. The molecule has 1 amide bonds. The van der Waals surface area contributed by atoms with Crippen LogP contribution in [-0.2, 0) is 21.2 Å². The van der Waals surface area contributed by atoms with Crippen molar-refractivity contribution in [2.45, 2.75) is 17.7 Å². The van der Waals surface area contributed by atoms with Gasteiger partial charge in [0.2, 0.25) is 15.9 Å². The van der Waals surface area contributed by atoms with Gasteiger partial charge in [-0.2, -0.15) is 0 Å². The minimum absolute atomic E-state index is 0.0228. The van der Waals surface area contributed by atoms with Gasteiger partial charge in [0.15, 0.2) is 0 Å². The first-order valence-corrected chi connectivity index (χ1v) is 10.8. The molecule has 0 aliphatic rings. The van der Waals surface area contributed by atoms with Crippen LogP contribution in [0.5, 0.6) is 11.5 Å². The Bertz CT molecular complexity index is 1190. The average molecular weight is 467 g/mol. The lowest BCUT2D eigenvalue weighted by Crippen LogP contribution is -2.17. The van der Waals surface area contributed by atoms with Crippen molar-refractivity contribution in [1.29, 1.82) is 0 Å².